The normalized spacial score (nSPS) is 27.2. The lowest BCUT2D eigenvalue weighted by Gasteiger charge is -2.57. The summed E-state index contributed by atoms with van der Waals surface area (Å²) in [6.07, 6.45) is 9.52. The average molecular weight is 488 g/mol. The molecule has 188 valence electrons. The quantitative estimate of drug-likeness (QED) is 0.361. The van der Waals surface area contributed by atoms with Gasteiger partial charge in [-0.3, -0.25) is 4.79 Å². The maximum atomic E-state index is 13.3. The molecule has 4 aliphatic rings. The summed E-state index contributed by atoms with van der Waals surface area (Å²) in [7, 11) is 0. The van der Waals surface area contributed by atoms with E-state index in [1.807, 2.05) is 36.4 Å². The first-order valence-electron chi connectivity index (χ1n) is 13.4. The smallest absolute Gasteiger partial charge is 0.259 e. The van der Waals surface area contributed by atoms with E-state index in [4.69, 9.17) is 4.74 Å². The molecule has 4 fully saturated rings. The highest BCUT2D eigenvalue weighted by atomic mass is 19.1. The molecule has 2 N–H and O–H groups in total. The maximum Gasteiger partial charge on any atom is 0.259 e. The number of rotatable bonds is 8. The lowest BCUT2D eigenvalue weighted by Crippen LogP contribution is -2.46. The van der Waals surface area contributed by atoms with Gasteiger partial charge in [0.25, 0.3) is 5.91 Å². The van der Waals surface area contributed by atoms with Crippen LogP contribution in [0.1, 0.15) is 61.7 Å². The van der Waals surface area contributed by atoms with Crippen molar-refractivity contribution in [2.45, 2.75) is 57.5 Å². The highest BCUT2D eigenvalue weighted by Crippen LogP contribution is 2.61. The van der Waals surface area contributed by atoms with Crippen LogP contribution >= 0.6 is 0 Å². The van der Waals surface area contributed by atoms with Crippen molar-refractivity contribution in [2.24, 2.45) is 23.2 Å². The Morgan fingerprint density at radius 1 is 0.972 bits per heavy atom. The van der Waals surface area contributed by atoms with Gasteiger partial charge in [0.2, 0.25) is 0 Å². The van der Waals surface area contributed by atoms with E-state index in [2.05, 4.69) is 5.32 Å². The number of hydrogen-bond acceptors (Lipinski definition) is 3. The van der Waals surface area contributed by atoms with Crippen LogP contribution in [0, 0.1) is 29.0 Å². The SMILES string of the molecule is O=C(Nc1ccc(F)cc1)c1cc2ccccc2cc1OCC(O)CCC12CC3CC(CC(C3)C1)C2. The second-order valence-corrected chi connectivity index (χ2v) is 11.6. The fourth-order valence-corrected chi connectivity index (χ4v) is 7.59. The standard InChI is InChI=1S/C31H34FNO3/c32-25-5-7-26(8-6-25)33-30(35)28-14-23-3-1-2-4-24(23)15-29(28)36-19-27(34)9-10-31-16-20-11-21(17-31)13-22(12-20)18-31/h1-8,14-15,20-22,27,34H,9-13,16-19H2,(H,33,35). The lowest BCUT2D eigenvalue weighted by molar-refractivity contribution is -0.0642. The Labute approximate surface area is 211 Å². The van der Waals surface area contributed by atoms with Gasteiger partial charge in [-0.05, 0) is 122 Å². The minimum Gasteiger partial charge on any atom is -0.490 e. The molecule has 1 atom stereocenters. The topological polar surface area (TPSA) is 58.6 Å². The summed E-state index contributed by atoms with van der Waals surface area (Å²) < 4.78 is 19.4. The molecule has 3 aromatic carbocycles. The summed E-state index contributed by atoms with van der Waals surface area (Å²) >= 11 is 0. The van der Waals surface area contributed by atoms with E-state index >= 15 is 0 Å². The molecule has 5 heteroatoms. The zero-order chi connectivity index (χ0) is 24.7. The molecule has 1 amide bonds. The molecule has 0 heterocycles. The van der Waals surface area contributed by atoms with E-state index in [1.165, 1.54) is 62.8 Å². The third-order valence-electron chi connectivity index (χ3n) is 8.80. The van der Waals surface area contributed by atoms with E-state index in [9.17, 15) is 14.3 Å². The van der Waals surface area contributed by atoms with Crippen LogP contribution in [0.15, 0.2) is 60.7 Å². The third kappa shape index (κ3) is 4.86. The maximum absolute atomic E-state index is 13.3. The highest BCUT2D eigenvalue weighted by molar-refractivity contribution is 6.08. The van der Waals surface area contributed by atoms with Gasteiger partial charge in [-0.15, -0.1) is 0 Å². The molecule has 1 unspecified atom stereocenters. The molecule has 4 nitrogen and oxygen atoms in total. The molecular formula is C31H34FNO3. The molecule has 3 aromatic rings. The number of fused-ring (bicyclic) bond motifs is 1. The van der Waals surface area contributed by atoms with E-state index in [0.29, 0.717) is 22.4 Å². The van der Waals surface area contributed by atoms with Crippen LogP contribution in [0.3, 0.4) is 0 Å². The summed E-state index contributed by atoms with van der Waals surface area (Å²) in [5.41, 5.74) is 1.33. The molecule has 4 saturated carbocycles. The first-order valence-corrected chi connectivity index (χ1v) is 13.4. The van der Waals surface area contributed by atoms with Crippen molar-refractivity contribution in [2.75, 3.05) is 11.9 Å². The third-order valence-corrected chi connectivity index (χ3v) is 8.80. The fraction of sp³-hybridized carbons (Fsp3) is 0.452. The van der Waals surface area contributed by atoms with Gasteiger partial charge in [-0.1, -0.05) is 24.3 Å². The van der Waals surface area contributed by atoms with Crippen LogP contribution in [-0.4, -0.2) is 23.7 Å². The molecule has 0 aromatic heterocycles. The lowest BCUT2D eigenvalue weighted by atomic mass is 9.48. The van der Waals surface area contributed by atoms with Crippen molar-refractivity contribution in [1.82, 2.24) is 0 Å². The fourth-order valence-electron chi connectivity index (χ4n) is 7.59. The molecule has 4 bridgehead atoms. The molecule has 0 aliphatic heterocycles. The van der Waals surface area contributed by atoms with Gasteiger partial charge in [0, 0.05) is 5.69 Å². The van der Waals surface area contributed by atoms with E-state index < -0.39 is 6.10 Å². The number of carbonyl (C=O) groups excluding carboxylic acids is 1. The second kappa shape index (κ2) is 9.51. The van der Waals surface area contributed by atoms with Crippen molar-refractivity contribution >= 4 is 22.4 Å². The molecule has 0 saturated heterocycles. The van der Waals surface area contributed by atoms with E-state index in [1.54, 1.807) is 0 Å². The second-order valence-electron chi connectivity index (χ2n) is 11.6. The van der Waals surface area contributed by atoms with Gasteiger partial charge < -0.3 is 15.2 Å². The van der Waals surface area contributed by atoms with Gasteiger partial charge in [0.1, 0.15) is 18.2 Å². The van der Waals surface area contributed by atoms with Gasteiger partial charge in [-0.25, -0.2) is 4.39 Å². The summed E-state index contributed by atoms with van der Waals surface area (Å²) in [6.45, 7) is 0.154. The minimum absolute atomic E-state index is 0.154. The Hall–Kier alpha value is -2.92. The number of benzene rings is 3. The van der Waals surface area contributed by atoms with Crippen molar-refractivity contribution in [3.8, 4) is 5.75 Å². The summed E-state index contributed by atoms with van der Waals surface area (Å²) in [5, 5.41) is 15.6. The zero-order valence-corrected chi connectivity index (χ0v) is 20.6. The molecule has 0 radical (unpaired) electrons. The Balaban J connectivity index is 1.14. The minimum atomic E-state index is -0.572. The van der Waals surface area contributed by atoms with E-state index in [0.717, 1.165) is 41.4 Å². The summed E-state index contributed by atoms with van der Waals surface area (Å²) in [4.78, 5) is 13.1. The monoisotopic (exact) mass is 487 g/mol. The van der Waals surface area contributed by atoms with Crippen LogP contribution in [0.4, 0.5) is 10.1 Å². The Bertz CT molecular complexity index is 1220. The predicted octanol–water partition coefficient (Wildman–Crippen LogP) is 6.97. The van der Waals surface area contributed by atoms with Crippen LogP contribution < -0.4 is 10.1 Å². The number of anilines is 1. The predicted molar refractivity (Wildman–Crippen MR) is 140 cm³/mol. The van der Waals surface area contributed by atoms with Crippen molar-refractivity contribution < 1.29 is 19.0 Å². The Morgan fingerprint density at radius 3 is 2.22 bits per heavy atom. The Morgan fingerprint density at radius 2 is 1.58 bits per heavy atom. The van der Waals surface area contributed by atoms with Gasteiger partial charge >= 0.3 is 0 Å². The van der Waals surface area contributed by atoms with Gasteiger partial charge in [0.05, 0.1) is 11.7 Å². The van der Waals surface area contributed by atoms with Crippen LogP contribution in [0.5, 0.6) is 5.75 Å². The highest BCUT2D eigenvalue weighted by Gasteiger charge is 2.50. The van der Waals surface area contributed by atoms with Crippen LogP contribution in [-0.2, 0) is 0 Å². The summed E-state index contributed by atoms with van der Waals surface area (Å²) in [6, 6.07) is 17.2. The number of amides is 1. The molecule has 0 spiro atoms. The van der Waals surface area contributed by atoms with E-state index in [-0.39, 0.29) is 18.3 Å². The number of hydrogen-bond donors (Lipinski definition) is 2. The number of halogens is 1. The van der Waals surface area contributed by atoms with Gasteiger partial charge in [0.15, 0.2) is 0 Å². The van der Waals surface area contributed by atoms with Crippen molar-refractivity contribution in [1.29, 1.82) is 0 Å². The average Bonchev–Trinajstić information content (AvgIpc) is 2.86. The number of nitrogens with one attached hydrogen (secondary N) is 1. The first kappa shape index (κ1) is 23.5. The zero-order valence-electron chi connectivity index (χ0n) is 20.6. The summed E-state index contributed by atoms with van der Waals surface area (Å²) in [5.74, 6) is 2.48. The van der Waals surface area contributed by atoms with Crippen molar-refractivity contribution in [3.05, 3.63) is 72.0 Å². The number of aliphatic hydroxyl groups excluding tert-OH is 1. The number of aliphatic hydroxyl groups is 1. The molecule has 7 rings (SSSR count). The van der Waals surface area contributed by atoms with Crippen LogP contribution in [0.25, 0.3) is 10.8 Å². The molecular weight excluding hydrogens is 453 g/mol. The first-order chi connectivity index (χ1) is 17.4. The van der Waals surface area contributed by atoms with Crippen LogP contribution in [0.2, 0.25) is 0 Å². The number of ether oxygens (including phenoxy) is 1. The molecule has 36 heavy (non-hydrogen) atoms. The Kier molecular flexibility index (Phi) is 6.20. The van der Waals surface area contributed by atoms with Crippen molar-refractivity contribution in [3.63, 3.8) is 0 Å². The number of carbonyl (C=O) groups is 1. The largest absolute Gasteiger partial charge is 0.490 e. The van der Waals surface area contributed by atoms with Gasteiger partial charge in [-0.2, -0.15) is 0 Å². The molecule has 4 aliphatic carbocycles.